The van der Waals surface area contributed by atoms with Crippen molar-refractivity contribution in [2.45, 2.75) is 50.5 Å². The zero-order valence-corrected chi connectivity index (χ0v) is 14.1. The van der Waals surface area contributed by atoms with E-state index in [1.54, 1.807) is 18.2 Å². The van der Waals surface area contributed by atoms with Crippen LogP contribution in [0.15, 0.2) is 22.7 Å². The van der Waals surface area contributed by atoms with Gasteiger partial charge < -0.3 is 5.32 Å². The Bertz CT molecular complexity index is 560. The van der Waals surface area contributed by atoms with Crippen molar-refractivity contribution in [1.29, 1.82) is 5.26 Å². The molecule has 5 heteroatoms. The minimum atomic E-state index is -0.740. The van der Waals surface area contributed by atoms with Crippen molar-refractivity contribution in [2.75, 3.05) is 0 Å². The Morgan fingerprint density at radius 1 is 1.24 bits per heavy atom. The summed E-state index contributed by atoms with van der Waals surface area (Å²) >= 11 is 9.25. The van der Waals surface area contributed by atoms with E-state index in [-0.39, 0.29) is 5.91 Å². The normalized spacial score (nSPS) is 18.1. The van der Waals surface area contributed by atoms with Gasteiger partial charge in [0.1, 0.15) is 5.54 Å². The van der Waals surface area contributed by atoms with Crippen LogP contribution in [0.1, 0.15) is 55.3 Å². The van der Waals surface area contributed by atoms with Gasteiger partial charge >= 0.3 is 0 Å². The lowest BCUT2D eigenvalue weighted by Crippen LogP contribution is -2.47. The summed E-state index contributed by atoms with van der Waals surface area (Å²) in [6, 6.07) is 7.39. The second-order valence-electron chi connectivity index (χ2n) is 5.54. The van der Waals surface area contributed by atoms with Gasteiger partial charge in [0.25, 0.3) is 5.91 Å². The smallest absolute Gasteiger partial charge is 0.253 e. The lowest BCUT2D eigenvalue weighted by molar-refractivity contribution is 0.0907. The molecule has 0 heterocycles. The lowest BCUT2D eigenvalue weighted by Gasteiger charge is -2.29. The van der Waals surface area contributed by atoms with Crippen molar-refractivity contribution in [3.63, 3.8) is 0 Å². The van der Waals surface area contributed by atoms with Gasteiger partial charge in [-0.25, -0.2) is 0 Å². The standard InChI is InChI=1S/C16H18BrClN2O/c17-14-10-12(18)6-7-13(14)15(21)20-16(11-19)8-4-2-1-3-5-9-16/h6-7,10H,1-5,8-9H2,(H,20,21). The average molecular weight is 370 g/mol. The summed E-state index contributed by atoms with van der Waals surface area (Å²) in [5, 5.41) is 13.1. The first-order chi connectivity index (χ1) is 10.1. The van der Waals surface area contributed by atoms with Crippen LogP contribution in [0.3, 0.4) is 0 Å². The minimum Gasteiger partial charge on any atom is -0.334 e. The van der Waals surface area contributed by atoms with Gasteiger partial charge in [-0.1, -0.05) is 43.7 Å². The highest BCUT2D eigenvalue weighted by Gasteiger charge is 2.32. The van der Waals surface area contributed by atoms with Gasteiger partial charge in [-0.15, -0.1) is 0 Å². The second kappa shape index (κ2) is 7.29. The summed E-state index contributed by atoms with van der Waals surface area (Å²) in [6.07, 6.45) is 6.89. The fourth-order valence-electron chi connectivity index (χ4n) is 2.73. The second-order valence-corrected chi connectivity index (χ2v) is 6.83. The molecule has 0 unspecified atom stereocenters. The molecule has 3 nitrogen and oxygen atoms in total. The molecule has 0 atom stereocenters. The van der Waals surface area contributed by atoms with Crippen LogP contribution in [0.5, 0.6) is 0 Å². The third kappa shape index (κ3) is 4.21. The summed E-state index contributed by atoms with van der Waals surface area (Å²) in [7, 11) is 0. The molecule has 21 heavy (non-hydrogen) atoms. The maximum absolute atomic E-state index is 12.5. The number of halogens is 2. The van der Waals surface area contributed by atoms with Crippen molar-refractivity contribution < 1.29 is 4.79 Å². The predicted molar refractivity (Wildman–Crippen MR) is 87.3 cm³/mol. The van der Waals surface area contributed by atoms with Gasteiger partial charge in [0.05, 0.1) is 11.6 Å². The van der Waals surface area contributed by atoms with Gasteiger partial charge in [0.2, 0.25) is 0 Å². The van der Waals surface area contributed by atoms with Crippen LogP contribution in [-0.4, -0.2) is 11.4 Å². The van der Waals surface area contributed by atoms with Crippen LogP contribution in [0.25, 0.3) is 0 Å². The highest BCUT2D eigenvalue weighted by atomic mass is 79.9. The fourth-order valence-corrected chi connectivity index (χ4v) is 3.59. The number of carbonyl (C=O) groups is 1. The Morgan fingerprint density at radius 3 is 2.43 bits per heavy atom. The van der Waals surface area contributed by atoms with E-state index in [4.69, 9.17) is 11.6 Å². The largest absolute Gasteiger partial charge is 0.334 e. The molecule has 112 valence electrons. The quantitative estimate of drug-likeness (QED) is 0.811. The number of hydrogen-bond donors (Lipinski definition) is 1. The van der Waals surface area contributed by atoms with Crippen molar-refractivity contribution in [3.8, 4) is 6.07 Å². The zero-order chi connectivity index (χ0) is 15.3. The van der Waals surface area contributed by atoms with Gasteiger partial charge in [0, 0.05) is 9.50 Å². The molecular weight excluding hydrogens is 352 g/mol. The van der Waals surface area contributed by atoms with E-state index in [9.17, 15) is 10.1 Å². The summed E-state index contributed by atoms with van der Waals surface area (Å²) in [4.78, 5) is 12.5. The molecule has 0 bridgehead atoms. The highest BCUT2D eigenvalue weighted by molar-refractivity contribution is 9.10. The van der Waals surface area contributed by atoms with E-state index in [0.29, 0.717) is 15.1 Å². The summed E-state index contributed by atoms with van der Waals surface area (Å²) in [5.41, 5.74) is -0.229. The van der Waals surface area contributed by atoms with Crippen LogP contribution < -0.4 is 5.32 Å². The lowest BCUT2D eigenvalue weighted by atomic mass is 9.85. The predicted octanol–water partition coefficient (Wildman–Crippen LogP) is 4.84. The molecule has 1 aliphatic carbocycles. The number of amides is 1. The molecule has 1 N–H and O–H groups in total. The first-order valence-electron chi connectivity index (χ1n) is 7.25. The first kappa shape index (κ1) is 16.3. The molecular formula is C16H18BrClN2O. The first-order valence-corrected chi connectivity index (χ1v) is 8.42. The van der Waals surface area contributed by atoms with E-state index < -0.39 is 5.54 Å². The van der Waals surface area contributed by atoms with E-state index in [1.807, 2.05) is 0 Å². The average Bonchev–Trinajstić information content (AvgIpc) is 2.42. The molecule has 0 aliphatic heterocycles. The molecule has 1 saturated carbocycles. The third-order valence-electron chi connectivity index (χ3n) is 3.95. The number of nitrogens with zero attached hydrogens (tertiary/aromatic N) is 1. The van der Waals surface area contributed by atoms with E-state index in [0.717, 1.165) is 38.5 Å². The van der Waals surface area contributed by atoms with Crippen molar-refractivity contribution >= 4 is 33.4 Å². The third-order valence-corrected chi connectivity index (χ3v) is 4.84. The van der Waals surface area contributed by atoms with Gasteiger partial charge in [-0.05, 0) is 47.0 Å². The minimum absolute atomic E-state index is 0.222. The zero-order valence-electron chi connectivity index (χ0n) is 11.8. The summed E-state index contributed by atoms with van der Waals surface area (Å²) in [5.74, 6) is -0.222. The number of carbonyl (C=O) groups excluding carboxylic acids is 1. The molecule has 2 rings (SSSR count). The van der Waals surface area contributed by atoms with Crippen molar-refractivity contribution in [1.82, 2.24) is 5.32 Å². The molecule has 1 aromatic rings. The van der Waals surface area contributed by atoms with Crippen LogP contribution in [0.4, 0.5) is 0 Å². The van der Waals surface area contributed by atoms with E-state index >= 15 is 0 Å². The van der Waals surface area contributed by atoms with Gasteiger partial charge in [-0.2, -0.15) is 5.26 Å². The van der Waals surface area contributed by atoms with E-state index in [1.165, 1.54) is 6.42 Å². The summed E-state index contributed by atoms with van der Waals surface area (Å²) in [6.45, 7) is 0. The molecule has 0 saturated heterocycles. The maximum atomic E-state index is 12.5. The highest BCUT2D eigenvalue weighted by Crippen LogP contribution is 2.27. The van der Waals surface area contributed by atoms with Crippen LogP contribution in [-0.2, 0) is 0 Å². The van der Waals surface area contributed by atoms with Crippen LogP contribution in [0.2, 0.25) is 5.02 Å². The maximum Gasteiger partial charge on any atom is 0.253 e. The monoisotopic (exact) mass is 368 g/mol. The Balaban J connectivity index is 2.16. The topological polar surface area (TPSA) is 52.9 Å². The molecule has 1 aliphatic rings. The van der Waals surface area contributed by atoms with Crippen LogP contribution >= 0.6 is 27.5 Å². The number of rotatable bonds is 2. The molecule has 0 spiro atoms. The Labute approximate surface area is 138 Å². The van der Waals surface area contributed by atoms with Gasteiger partial charge in [0.15, 0.2) is 0 Å². The summed E-state index contributed by atoms with van der Waals surface area (Å²) < 4.78 is 0.645. The Hall–Kier alpha value is -1.05. The molecule has 0 radical (unpaired) electrons. The van der Waals surface area contributed by atoms with Gasteiger partial charge in [-0.3, -0.25) is 4.79 Å². The van der Waals surface area contributed by atoms with Crippen LogP contribution in [0, 0.1) is 11.3 Å². The number of benzene rings is 1. The molecule has 0 aromatic heterocycles. The molecule has 1 fully saturated rings. The number of hydrogen-bond acceptors (Lipinski definition) is 2. The Kier molecular flexibility index (Phi) is 5.66. The van der Waals surface area contributed by atoms with E-state index in [2.05, 4.69) is 27.3 Å². The van der Waals surface area contributed by atoms with Crippen molar-refractivity contribution in [3.05, 3.63) is 33.3 Å². The number of nitrogens with one attached hydrogen (secondary N) is 1. The number of nitriles is 1. The SMILES string of the molecule is N#CC1(NC(=O)c2ccc(Cl)cc2Br)CCCCCCC1. The fraction of sp³-hybridized carbons (Fsp3) is 0.500. The molecule has 1 amide bonds. The van der Waals surface area contributed by atoms with Crippen molar-refractivity contribution in [2.24, 2.45) is 0 Å². The Morgan fingerprint density at radius 2 is 1.86 bits per heavy atom. The molecule has 1 aromatic carbocycles.